The molecule has 0 aromatic carbocycles. The maximum atomic E-state index is 10.9. The average molecular weight is 188 g/mol. The molecule has 0 bridgehead atoms. The first-order valence-corrected chi connectivity index (χ1v) is 4.17. The molecular weight excluding hydrogens is 172 g/mol. The summed E-state index contributed by atoms with van der Waals surface area (Å²) < 4.78 is 4.74. The highest BCUT2D eigenvalue weighted by molar-refractivity contribution is 5.77. The van der Waals surface area contributed by atoms with Crippen molar-refractivity contribution in [2.24, 2.45) is 0 Å². The third-order valence-electron chi connectivity index (χ3n) is 1.35. The van der Waals surface area contributed by atoms with Crippen molar-refractivity contribution in [3.05, 3.63) is 0 Å². The molecule has 0 unspecified atom stereocenters. The van der Waals surface area contributed by atoms with E-state index in [1.807, 2.05) is 0 Å². The zero-order chi connectivity index (χ0) is 10.1. The van der Waals surface area contributed by atoms with Gasteiger partial charge in [0.05, 0.1) is 6.61 Å². The van der Waals surface area contributed by atoms with E-state index in [1.165, 1.54) is 6.92 Å². The lowest BCUT2D eigenvalue weighted by molar-refractivity contribution is -0.116. The van der Waals surface area contributed by atoms with Gasteiger partial charge in [0.1, 0.15) is 5.78 Å². The Labute approximate surface area is 77.8 Å². The molecule has 0 aliphatic carbocycles. The number of amides is 2. The van der Waals surface area contributed by atoms with Crippen molar-refractivity contribution in [1.29, 1.82) is 0 Å². The molecule has 76 valence electrons. The molecule has 0 saturated heterocycles. The Kier molecular flexibility index (Phi) is 6.91. The molecule has 0 spiro atoms. The number of methoxy groups -OCH3 is 1. The van der Waals surface area contributed by atoms with Crippen molar-refractivity contribution in [2.75, 3.05) is 26.8 Å². The van der Waals surface area contributed by atoms with Crippen molar-refractivity contribution in [3.63, 3.8) is 0 Å². The molecule has 0 heterocycles. The Balaban J connectivity index is 3.25. The van der Waals surface area contributed by atoms with E-state index in [1.54, 1.807) is 7.11 Å². The quantitative estimate of drug-likeness (QED) is 0.572. The van der Waals surface area contributed by atoms with Crippen LogP contribution in [-0.4, -0.2) is 38.6 Å². The zero-order valence-corrected chi connectivity index (χ0v) is 8.05. The molecule has 0 aromatic rings. The lowest BCUT2D eigenvalue weighted by Crippen LogP contribution is -2.38. The number of carbonyl (C=O) groups excluding carboxylic acids is 2. The Hall–Kier alpha value is -1.10. The van der Waals surface area contributed by atoms with E-state index < -0.39 is 0 Å². The molecule has 0 radical (unpaired) electrons. The van der Waals surface area contributed by atoms with Gasteiger partial charge in [0.25, 0.3) is 0 Å². The van der Waals surface area contributed by atoms with Gasteiger partial charge in [-0.1, -0.05) is 0 Å². The summed E-state index contributed by atoms with van der Waals surface area (Å²) in [7, 11) is 1.56. The van der Waals surface area contributed by atoms with Crippen molar-refractivity contribution < 1.29 is 14.3 Å². The van der Waals surface area contributed by atoms with Gasteiger partial charge >= 0.3 is 6.03 Å². The predicted molar refractivity (Wildman–Crippen MR) is 48.6 cm³/mol. The molecule has 5 heteroatoms. The molecule has 2 amide bonds. The summed E-state index contributed by atoms with van der Waals surface area (Å²) in [5.41, 5.74) is 0. The number of urea groups is 1. The Bertz CT molecular complexity index is 171. The first-order valence-electron chi connectivity index (χ1n) is 4.17. The fourth-order valence-electron chi connectivity index (χ4n) is 0.681. The second kappa shape index (κ2) is 7.54. The molecule has 0 rings (SSSR count). The standard InChI is InChI=1S/C8H16N2O3/c1-7(11)3-4-9-8(12)10-5-6-13-2/h3-6H2,1-2H3,(H2,9,10,12). The molecule has 0 saturated carbocycles. The fraction of sp³-hybridized carbons (Fsp3) is 0.750. The van der Waals surface area contributed by atoms with Crippen molar-refractivity contribution in [1.82, 2.24) is 10.6 Å². The average Bonchev–Trinajstić information content (AvgIpc) is 2.04. The lowest BCUT2D eigenvalue weighted by Gasteiger charge is -2.05. The SMILES string of the molecule is COCCNC(=O)NCCC(C)=O. The van der Waals surface area contributed by atoms with Crippen LogP contribution in [-0.2, 0) is 9.53 Å². The molecule has 0 atom stereocenters. The first kappa shape index (κ1) is 11.9. The van der Waals surface area contributed by atoms with Gasteiger partial charge in [-0.3, -0.25) is 4.79 Å². The molecule has 13 heavy (non-hydrogen) atoms. The van der Waals surface area contributed by atoms with E-state index in [0.717, 1.165) is 0 Å². The largest absolute Gasteiger partial charge is 0.383 e. The first-order chi connectivity index (χ1) is 6.16. The molecule has 2 N–H and O–H groups in total. The normalized spacial score (nSPS) is 9.38. The van der Waals surface area contributed by atoms with Crippen molar-refractivity contribution in [3.8, 4) is 0 Å². The van der Waals surface area contributed by atoms with Crippen LogP contribution in [0.25, 0.3) is 0 Å². The topological polar surface area (TPSA) is 67.4 Å². The molecule has 0 aliphatic heterocycles. The van der Waals surface area contributed by atoms with Gasteiger partial charge in [-0.25, -0.2) is 4.79 Å². The van der Waals surface area contributed by atoms with E-state index in [-0.39, 0.29) is 11.8 Å². The summed E-state index contributed by atoms with van der Waals surface area (Å²) in [4.78, 5) is 21.4. The van der Waals surface area contributed by atoms with Gasteiger partial charge < -0.3 is 15.4 Å². The maximum Gasteiger partial charge on any atom is 0.314 e. The third-order valence-corrected chi connectivity index (χ3v) is 1.35. The number of Topliss-reactive ketones (excluding diaryl/α,β-unsaturated/α-hetero) is 1. The highest BCUT2D eigenvalue weighted by Gasteiger charge is 1.98. The van der Waals surface area contributed by atoms with E-state index >= 15 is 0 Å². The molecular formula is C8H16N2O3. The molecule has 0 aromatic heterocycles. The van der Waals surface area contributed by atoms with Crippen LogP contribution in [0.4, 0.5) is 4.79 Å². The number of hydrogen-bond donors (Lipinski definition) is 2. The fourth-order valence-corrected chi connectivity index (χ4v) is 0.681. The van der Waals surface area contributed by atoms with Crippen LogP contribution in [0.1, 0.15) is 13.3 Å². The van der Waals surface area contributed by atoms with Crippen molar-refractivity contribution in [2.45, 2.75) is 13.3 Å². The minimum Gasteiger partial charge on any atom is -0.383 e. The summed E-state index contributed by atoms with van der Waals surface area (Å²) in [6, 6.07) is -0.265. The number of carbonyl (C=O) groups is 2. The number of ether oxygens (including phenoxy) is 1. The predicted octanol–water partition coefficient (Wildman–Crippen LogP) is -0.0889. The second-order valence-corrected chi connectivity index (χ2v) is 2.63. The summed E-state index contributed by atoms with van der Waals surface area (Å²) in [5.74, 6) is 0.0668. The monoisotopic (exact) mass is 188 g/mol. The van der Waals surface area contributed by atoms with Gasteiger partial charge in [0, 0.05) is 26.6 Å². The Morgan fingerprint density at radius 2 is 1.85 bits per heavy atom. The van der Waals surface area contributed by atoms with E-state index in [4.69, 9.17) is 4.74 Å². The summed E-state index contributed by atoms with van der Waals surface area (Å²) >= 11 is 0. The van der Waals surface area contributed by atoms with Crippen LogP contribution < -0.4 is 10.6 Å². The van der Waals surface area contributed by atoms with Crippen LogP contribution in [0, 0.1) is 0 Å². The third kappa shape index (κ3) is 8.81. The summed E-state index contributed by atoms with van der Waals surface area (Å²) in [6.07, 6.45) is 0.373. The van der Waals surface area contributed by atoms with Crippen molar-refractivity contribution >= 4 is 11.8 Å². The van der Waals surface area contributed by atoms with Gasteiger partial charge in [0.15, 0.2) is 0 Å². The summed E-state index contributed by atoms with van der Waals surface area (Å²) in [5, 5.41) is 5.12. The summed E-state index contributed by atoms with van der Waals surface area (Å²) in [6.45, 7) is 2.83. The number of rotatable bonds is 6. The van der Waals surface area contributed by atoms with Crippen LogP contribution in [0.5, 0.6) is 0 Å². The zero-order valence-electron chi connectivity index (χ0n) is 8.05. The van der Waals surface area contributed by atoms with Crippen LogP contribution in [0.15, 0.2) is 0 Å². The highest BCUT2D eigenvalue weighted by Crippen LogP contribution is 1.77. The number of hydrogen-bond acceptors (Lipinski definition) is 3. The number of ketones is 1. The van der Waals surface area contributed by atoms with Gasteiger partial charge in [-0.05, 0) is 6.92 Å². The minimum atomic E-state index is -0.265. The smallest absolute Gasteiger partial charge is 0.314 e. The minimum absolute atomic E-state index is 0.0668. The van der Waals surface area contributed by atoms with E-state index in [9.17, 15) is 9.59 Å². The Morgan fingerprint density at radius 3 is 2.38 bits per heavy atom. The molecule has 5 nitrogen and oxygen atoms in total. The highest BCUT2D eigenvalue weighted by atomic mass is 16.5. The van der Waals surface area contributed by atoms with E-state index in [0.29, 0.717) is 26.1 Å². The van der Waals surface area contributed by atoms with E-state index in [2.05, 4.69) is 10.6 Å². The Morgan fingerprint density at radius 1 is 1.23 bits per heavy atom. The maximum absolute atomic E-state index is 10.9. The lowest BCUT2D eigenvalue weighted by atomic mass is 10.3. The number of nitrogens with one attached hydrogen (secondary N) is 2. The molecule has 0 fully saturated rings. The van der Waals surface area contributed by atoms with Gasteiger partial charge in [-0.15, -0.1) is 0 Å². The molecule has 0 aliphatic rings. The van der Waals surface area contributed by atoms with Crippen LogP contribution >= 0.6 is 0 Å². The van der Waals surface area contributed by atoms with Gasteiger partial charge in [-0.2, -0.15) is 0 Å². The van der Waals surface area contributed by atoms with Crippen LogP contribution in [0.3, 0.4) is 0 Å². The van der Waals surface area contributed by atoms with Crippen LogP contribution in [0.2, 0.25) is 0 Å². The second-order valence-electron chi connectivity index (χ2n) is 2.63. The van der Waals surface area contributed by atoms with Gasteiger partial charge in [0.2, 0.25) is 0 Å².